The average Bonchev–Trinajstić information content (AvgIpc) is 2.98. The first kappa shape index (κ1) is 16.8. The van der Waals surface area contributed by atoms with E-state index < -0.39 is 0 Å². The summed E-state index contributed by atoms with van der Waals surface area (Å²) in [6.07, 6.45) is 1.53. The fourth-order valence-electron chi connectivity index (χ4n) is 3.41. The molecule has 0 aromatic heterocycles. The zero-order chi connectivity index (χ0) is 17.1. The Morgan fingerprint density at radius 1 is 1.21 bits per heavy atom. The van der Waals surface area contributed by atoms with Crippen LogP contribution in [-0.2, 0) is 9.59 Å². The second-order valence-corrected chi connectivity index (χ2v) is 6.70. The SMILES string of the molecule is C[C@@H]1CN(C(=O)COc2ccc(N3CCCC3=O)cc2)C[C@H](C)N1. The Morgan fingerprint density at radius 3 is 2.46 bits per heavy atom. The highest BCUT2D eigenvalue weighted by Crippen LogP contribution is 2.23. The topological polar surface area (TPSA) is 61.9 Å². The highest BCUT2D eigenvalue weighted by Gasteiger charge is 2.25. The summed E-state index contributed by atoms with van der Waals surface area (Å²) < 4.78 is 5.62. The third kappa shape index (κ3) is 3.87. The molecule has 2 aliphatic rings. The molecule has 3 rings (SSSR count). The number of rotatable bonds is 4. The van der Waals surface area contributed by atoms with Crippen LogP contribution in [0.5, 0.6) is 5.75 Å². The lowest BCUT2D eigenvalue weighted by molar-refractivity contribution is -0.135. The van der Waals surface area contributed by atoms with Crippen molar-refractivity contribution in [3.05, 3.63) is 24.3 Å². The van der Waals surface area contributed by atoms with Crippen LogP contribution in [0.25, 0.3) is 0 Å². The Labute approximate surface area is 142 Å². The molecule has 0 aliphatic carbocycles. The molecule has 2 aliphatic heterocycles. The largest absolute Gasteiger partial charge is 0.484 e. The standard InChI is InChI=1S/C18H25N3O3/c1-13-10-20(11-14(2)19-13)18(23)12-24-16-7-5-15(6-8-16)21-9-3-4-17(21)22/h5-8,13-14,19H,3-4,9-12H2,1-2H3/t13-,14+. The van der Waals surface area contributed by atoms with Crippen molar-refractivity contribution >= 4 is 17.5 Å². The molecule has 6 nitrogen and oxygen atoms in total. The zero-order valence-corrected chi connectivity index (χ0v) is 14.3. The van der Waals surface area contributed by atoms with Crippen LogP contribution in [0.1, 0.15) is 26.7 Å². The van der Waals surface area contributed by atoms with Gasteiger partial charge in [-0.15, -0.1) is 0 Å². The van der Waals surface area contributed by atoms with Gasteiger partial charge in [0.25, 0.3) is 5.91 Å². The van der Waals surface area contributed by atoms with Crippen molar-refractivity contribution in [1.82, 2.24) is 10.2 Å². The minimum Gasteiger partial charge on any atom is -0.484 e. The van der Waals surface area contributed by atoms with Gasteiger partial charge in [-0.05, 0) is 44.5 Å². The van der Waals surface area contributed by atoms with Gasteiger partial charge >= 0.3 is 0 Å². The Hall–Kier alpha value is -2.08. The van der Waals surface area contributed by atoms with Crippen LogP contribution in [0, 0.1) is 0 Å². The molecular formula is C18H25N3O3. The van der Waals surface area contributed by atoms with E-state index in [1.165, 1.54) is 0 Å². The number of nitrogens with one attached hydrogen (secondary N) is 1. The molecule has 0 saturated carbocycles. The molecule has 2 fully saturated rings. The van der Waals surface area contributed by atoms with Gasteiger partial charge in [0.05, 0.1) is 0 Å². The second-order valence-electron chi connectivity index (χ2n) is 6.70. The predicted molar refractivity (Wildman–Crippen MR) is 92.2 cm³/mol. The molecule has 0 radical (unpaired) electrons. The molecular weight excluding hydrogens is 306 g/mol. The molecule has 1 N–H and O–H groups in total. The summed E-state index contributed by atoms with van der Waals surface area (Å²) >= 11 is 0. The van der Waals surface area contributed by atoms with Crippen LogP contribution in [0.15, 0.2) is 24.3 Å². The van der Waals surface area contributed by atoms with Gasteiger partial charge in [0.2, 0.25) is 5.91 Å². The highest BCUT2D eigenvalue weighted by atomic mass is 16.5. The lowest BCUT2D eigenvalue weighted by atomic mass is 10.1. The molecule has 130 valence electrons. The lowest BCUT2D eigenvalue weighted by Crippen LogP contribution is -2.56. The maximum Gasteiger partial charge on any atom is 0.260 e. The first-order valence-corrected chi connectivity index (χ1v) is 8.60. The fourth-order valence-corrected chi connectivity index (χ4v) is 3.41. The molecule has 1 aromatic rings. The van der Waals surface area contributed by atoms with Crippen LogP contribution in [0.4, 0.5) is 5.69 Å². The van der Waals surface area contributed by atoms with E-state index in [-0.39, 0.29) is 18.4 Å². The van der Waals surface area contributed by atoms with Crippen molar-refractivity contribution in [2.75, 3.05) is 31.1 Å². The lowest BCUT2D eigenvalue weighted by Gasteiger charge is -2.36. The summed E-state index contributed by atoms with van der Waals surface area (Å²) in [4.78, 5) is 27.7. The highest BCUT2D eigenvalue weighted by molar-refractivity contribution is 5.95. The van der Waals surface area contributed by atoms with Crippen LogP contribution in [-0.4, -0.2) is 55.0 Å². The molecule has 0 unspecified atom stereocenters. The first-order valence-electron chi connectivity index (χ1n) is 8.60. The Balaban J connectivity index is 1.53. The van der Waals surface area contributed by atoms with Gasteiger partial charge in [-0.25, -0.2) is 0 Å². The number of ether oxygens (including phenoxy) is 1. The number of carbonyl (C=O) groups is 2. The minimum absolute atomic E-state index is 0.00833. The summed E-state index contributed by atoms with van der Waals surface area (Å²) in [5, 5.41) is 3.41. The molecule has 1 aromatic carbocycles. The second kappa shape index (κ2) is 7.21. The third-order valence-electron chi connectivity index (χ3n) is 4.49. The van der Waals surface area contributed by atoms with Crippen LogP contribution in [0.3, 0.4) is 0 Å². The van der Waals surface area contributed by atoms with E-state index in [1.807, 2.05) is 29.2 Å². The van der Waals surface area contributed by atoms with Gasteiger partial charge in [-0.3, -0.25) is 9.59 Å². The molecule has 2 amide bonds. The molecule has 24 heavy (non-hydrogen) atoms. The quantitative estimate of drug-likeness (QED) is 0.906. The van der Waals surface area contributed by atoms with E-state index in [2.05, 4.69) is 19.2 Å². The summed E-state index contributed by atoms with van der Waals surface area (Å²) in [6.45, 7) is 6.40. The van der Waals surface area contributed by atoms with Gasteiger partial charge < -0.3 is 19.9 Å². The Morgan fingerprint density at radius 2 is 1.88 bits per heavy atom. The number of hydrogen-bond acceptors (Lipinski definition) is 4. The summed E-state index contributed by atoms with van der Waals surface area (Å²) in [5.41, 5.74) is 0.890. The monoisotopic (exact) mass is 331 g/mol. The number of anilines is 1. The van der Waals surface area contributed by atoms with E-state index in [1.54, 1.807) is 4.90 Å². The van der Waals surface area contributed by atoms with Gasteiger partial charge in [-0.1, -0.05) is 0 Å². The van der Waals surface area contributed by atoms with E-state index in [4.69, 9.17) is 4.74 Å². The minimum atomic E-state index is 0.00833. The van der Waals surface area contributed by atoms with Crippen LogP contribution < -0.4 is 15.0 Å². The number of nitrogens with zero attached hydrogens (tertiary/aromatic N) is 2. The summed E-state index contributed by atoms with van der Waals surface area (Å²) in [7, 11) is 0. The molecule has 2 saturated heterocycles. The van der Waals surface area contributed by atoms with Crippen molar-refractivity contribution in [2.45, 2.75) is 38.8 Å². The van der Waals surface area contributed by atoms with Gasteiger partial charge in [0.15, 0.2) is 6.61 Å². The normalized spacial score (nSPS) is 24.3. The third-order valence-corrected chi connectivity index (χ3v) is 4.49. The average molecular weight is 331 g/mol. The number of benzene rings is 1. The van der Waals surface area contributed by atoms with E-state index in [0.717, 1.165) is 18.7 Å². The molecule has 2 atom stereocenters. The summed E-state index contributed by atoms with van der Waals surface area (Å²) in [6, 6.07) is 7.98. The first-order chi connectivity index (χ1) is 11.5. The predicted octanol–water partition coefficient (Wildman–Crippen LogP) is 1.40. The van der Waals surface area contributed by atoms with Crippen molar-refractivity contribution in [3.63, 3.8) is 0 Å². The van der Waals surface area contributed by atoms with Gasteiger partial charge in [0.1, 0.15) is 5.75 Å². The molecule has 0 spiro atoms. The zero-order valence-electron chi connectivity index (χ0n) is 14.3. The van der Waals surface area contributed by atoms with Crippen LogP contribution in [0.2, 0.25) is 0 Å². The Bertz CT molecular complexity index is 592. The van der Waals surface area contributed by atoms with E-state index >= 15 is 0 Å². The van der Waals surface area contributed by atoms with Crippen LogP contribution >= 0.6 is 0 Å². The number of piperazine rings is 1. The smallest absolute Gasteiger partial charge is 0.260 e. The van der Waals surface area contributed by atoms with Crippen molar-refractivity contribution in [2.24, 2.45) is 0 Å². The van der Waals surface area contributed by atoms with E-state index in [9.17, 15) is 9.59 Å². The number of amides is 2. The Kier molecular flexibility index (Phi) is 5.04. The fraction of sp³-hybridized carbons (Fsp3) is 0.556. The molecule has 0 bridgehead atoms. The number of carbonyl (C=O) groups excluding carboxylic acids is 2. The van der Waals surface area contributed by atoms with Gasteiger partial charge in [-0.2, -0.15) is 0 Å². The summed E-state index contributed by atoms with van der Waals surface area (Å²) in [5.74, 6) is 0.824. The van der Waals surface area contributed by atoms with Gasteiger partial charge in [0, 0.05) is 43.8 Å². The maximum atomic E-state index is 12.3. The van der Waals surface area contributed by atoms with Crippen molar-refractivity contribution < 1.29 is 14.3 Å². The van der Waals surface area contributed by atoms with E-state index in [0.29, 0.717) is 37.3 Å². The van der Waals surface area contributed by atoms with Crippen molar-refractivity contribution in [1.29, 1.82) is 0 Å². The number of hydrogen-bond donors (Lipinski definition) is 1. The van der Waals surface area contributed by atoms with Crippen molar-refractivity contribution in [3.8, 4) is 5.75 Å². The molecule has 6 heteroatoms. The maximum absolute atomic E-state index is 12.3. The molecule has 2 heterocycles.